The van der Waals surface area contributed by atoms with Gasteiger partial charge in [0.15, 0.2) is 0 Å². The van der Waals surface area contributed by atoms with Crippen molar-refractivity contribution in [3.63, 3.8) is 0 Å². The van der Waals surface area contributed by atoms with Crippen LogP contribution in [0.5, 0.6) is 0 Å². The molecule has 1 unspecified atom stereocenters. The fourth-order valence-electron chi connectivity index (χ4n) is 3.20. The zero-order valence-electron chi connectivity index (χ0n) is 15.9. The SMILES string of the molecule is CC(C)C(=O)N1CCN(C(=O)C(Sc2ccccc2)c2ccccc2)CC1. The Bertz CT molecular complexity index is 756. The Morgan fingerprint density at radius 3 is 1.78 bits per heavy atom. The van der Waals surface area contributed by atoms with Crippen molar-refractivity contribution in [2.75, 3.05) is 26.2 Å². The van der Waals surface area contributed by atoms with E-state index in [-0.39, 0.29) is 23.0 Å². The molecule has 1 atom stereocenters. The van der Waals surface area contributed by atoms with Gasteiger partial charge in [-0.2, -0.15) is 0 Å². The molecule has 0 saturated carbocycles. The summed E-state index contributed by atoms with van der Waals surface area (Å²) in [5.41, 5.74) is 1.01. The van der Waals surface area contributed by atoms with E-state index in [1.165, 1.54) is 0 Å². The van der Waals surface area contributed by atoms with E-state index in [4.69, 9.17) is 0 Å². The lowest BCUT2D eigenvalue weighted by Gasteiger charge is -2.37. The van der Waals surface area contributed by atoms with E-state index in [2.05, 4.69) is 0 Å². The number of carbonyl (C=O) groups is 2. The molecule has 1 aliphatic rings. The van der Waals surface area contributed by atoms with Crippen LogP contribution < -0.4 is 0 Å². The van der Waals surface area contributed by atoms with E-state index >= 15 is 0 Å². The number of carbonyl (C=O) groups excluding carboxylic acids is 2. The summed E-state index contributed by atoms with van der Waals surface area (Å²) in [6, 6.07) is 20.0. The summed E-state index contributed by atoms with van der Waals surface area (Å²) >= 11 is 1.58. The lowest BCUT2D eigenvalue weighted by molar-refractivity contribution is -0.141. The molecular formula is C22H26N2O2S. The summed E-state index contributed by atoms with van der Waals surface area (Å²) in [4.78, 5) is 30.4. The molecule has 2 aromatic carbocycles. The quantitative estimate of drug-likeness (QED) is 0.738. The highest BCUT2D eigenvalue weighted by Gasteiger charge is 2.31. The van der Waals surface area contributed by atoms with Gasteiger partial charge in [0.2, 0.25) is 11.8 Å². The Labute approximate surface area is 165 Å². The average Bonchev–Trinajstić information content (AvgIpc) is 2.72. The first-order chi connectivity index (χ1) is 13.1. The van der Waals surface area contributed by atoms with Crippen LogP contribution in [-0.2, 0) is 9.59 Å². The van der Waals surface area contributed by atoms with Crippen LogP contribution in [0.2, 0.25) is 0 Å². The number of hydrogen-bond donors (Lipinski definition) is 0. The van der Waals surface area contributed by atoms with Crippen molar-refractivity contribution in [2.24, 2.45) is 5.92 Å². The monoisotopic (exact) mass is 382 g/mol. The molecule has 0 N–H and O–H groups in total. The van der Waals surface area contributed by atoms with Crippen molar-refractivity contribution in [1.82, 2.24) is 9.80 Å². The minimum Gasteiger partial charge on any atom is -0.339 e. The number of hydrogen-bond acceptors (Lipinski definition) is 3. The summed E-state index contributed by atoms with van der Waals surface area (Å²) < 4.78 is 0. The molecule has 5 heteroatoms. The van der Waals surface area contributed by atoms with Gasteiger partial charge >= 0.3 is 0 Å². The molecule has 0 spiro atoms. The minimum atomic E-state index is -0.277. The number of thioether (sulfide) groups is 1. The molecule has 1 fully saturated rings. The van der Waals surface area contributed by atoms with E-state index in [9.17, 15) is 9.59 Å². The van der Waals surface area contributed by atoms with Crippen LogP contribution in [-0.4, -0.2) is 47.8 Å². The van der Waals surface area contributed by atoms with E-state index in [1.807, 2.05) is 84.3 Å². The van der Waals surface area contributed by atoms with E-state index < -0.39 is 0 Å². The second kappa shape index (κ2) is 9.09. The van der Waals surface area contributed by atoms with Gasteiger partial charge in [-0.1, -0.05) is 62.4 Å². The van der Waals surface area contributed by atoms with Crippen molar-refractivity contribution in [1.29, 1.82) is 0 Å². The molecule has 0 aliphatic carbocycles. The predicted molar refractivity (Wildman–Crippen MR) is 109 cm³/mol. The molecule has 27 heavy (non-hydrogen) atoms. The molecule has 2 amide bonds. The Morgan fingerprint density at radius 2 is 1.26 bits per heavy atom. The predicted octanol–water partition coefficient (Wildman–Crippen LogP) is 3.85. The number of rotatable bonds is 5. The molecular weight excluding hydrogens is 356 g/mol. The molecule has 1 heterocycles. The maximum atomic E-state index is 13.3. The van der Waals surface area contributed by atoms with Crippen LogP contribution in [0.3, 0.4) is 0 Å². The minimum absolute atomic E-state index is 0.00189. The van der Waals surface area contributed by atoms with Crippen LogP contribution in [0.15, 0.2) is 65.6 Å². The topological polar surface area (TPSA) is 40.6 Å². The first-order valence-electron chi connectivity index (χ1n) is 9.40. The normalized spacial score (nSPS) is 15.7. The van der Waals surface area contributed by atoms with E-state index in [0.717, 1.165) is 10.5 Å². The largest absolute Gasteiger partial charge is 0.339 e. The van der Waals surface area contributed by atoms with Crippen LogP contribution >= 0.6 is 11.8 Å². The summed E-state index contributed by atoms with van der Waals surface area (Å²) in [5.74, 6) is 0.282. The van der Waals surface area contributed by atoms with Crippen LogP contribution in [0.25, 0.3) is 0 Å². The summed E-state index contributed by atoms with van der Waals surface area (Å²) in [6.45, 7) is 6.25. The molecule has 1 aliphatic heterocycles. The Kier molecular flexibility index (Phi) is 6.56. The standard InChI is InChI=1S/C22H26N2O2S/c1-17(2)21(25)23-13-15-24(16-14-23)22(26)20(18-9-5-3-6-10-18)27-19-11-7-4-8-12-19/h3-12,17,20H,13-16H2,1-2H3. The maximum Gasteiger partial charge on any atom is 0.240 e. The van der Waals surface area contributed by atoms with Gasteiger partial charge in [0.05, 0.1) is 0 Å². The molecule has 0 aromatic heterocycles. The molecule has 3 rings (SSSR count). The molecule has 142 valence electrons. The third-order valence-electron chi connectivity index (χ3n) is 4.72. The Morgan fingerprint density at radius 1 is 0.778 bits per heavy atom. The fraction of sp³-hybridized carbons (Fsp3) is 0.364. The molecule has 2 aromatic rings. The molecule has 0 bridgehead atoms. The Balaban J connectivity index is 1.73. The first kappa shape index (κ1) is 19.5. The summed E-state index contributed by atoms with van der Waals surface area (Å²) in [6.07, 6.45) is 0. The lowest BCUT2D eigenvalue weighted by Crippen LogP contribution is -2.52. The van der Waals surface area contributed by atoms with E-state index in [1.54, 1.807) is 11.8 Å². The van der Waals surface area contributed by atoms with Gasteiger partial charge in [0, 0.05) is 37.0 Å². The Hall–Kier alpha value is -2.27. The van der Waals surface area contributed by atoms with Gasteiger partial charge in [0.25, 0.3) is 0 Å². The van der Waals surface area contributed by atoms with Gasteiger partial charge in [-0.25, -0.2) is 0 Å². The van der Waals surface area contributed by atoms with Gasteiger partial charge in [0.1, 0.15) is 5.25 Å². The maximum absolute atomic E-state index is 13.3. The third-order valence-corrected chi connectivity index (χ3v) is 5.97. The zero-order chi connectivity index (χ0) is 19.2. The fourth-order valence-corrected chi connectivity index (χ4v) is 4.33. The van der Waals surface area contributed by atoms with Crippen LogP contribution in [0.4, 0.5) is 0 Å². The smallest absolute Gasteiger partial charge is 0.240 e. The highest BCUT2D eigenvalue weighted by atomic mass is 32.2. The second-order valence-corrected chi connectivity index (χ2v) is 8.21. The second-order valence-electron chi connectivity index (χ2n) is 7.03. The highest BCUT2D eigenvalue weighted by Crippen LogP contribution is 2.36. The van der Waals surface area contributed by atoms with Gasteiger partial charge in [-0.05, 0) is 17.7 Å². The highest BCUT2D eigenvalue weighted by molar-refractivity contribution is 8.00. The van der Waals surface area contributed by atoms with E-state index in [0.29, 0.717) is 26.2 Å². The van der Waals surface area contributed by atoms with Crippen molar-refractivity contribution in [3.8, 4) is 0 Å². The first-order valence-corrected chi connectivity index (χ1v) is 10.3. The number of nitrogens with zero attached hydrogens (tertiary/aromatic N) is 2. The summed E-state index contributed by atoms with van der Waals surface area (Å²) in [5, 5.41) is -0.277. The van der Waals surface area contributed by atoms with Crippen LogP contribution in [0.1, 0.15) is 24.7 Å². The van der Waals surface area contributed by atoms with Crippen molar-refractivity contribution >= 4 is 23.6 Å². The lowest BCUT2D eigenvalue weighted by atomic mass is 10.1. The van der Waals surface area contributed by atoms with Gasteiger partial charge < -0.3 is 9.80 Å². The summed E-state index contributed by atoms with van der Waals surface area (Å²) in [7, 11) is 0. The molecule has 0 radical (unpaired) electrons. The average molecular weight is 383 g/mol. The zero-order valence-corrected chi connectivity index (χ0v) is 16.7. The third kappa shape index (κ3) is 4.92. The van der Waals surface area contributed by atoms with Crippen molar-refractivity contribution < 1.29 is 9.59 Å². The van der Waals surface area contributed by atoms with Gasteiger partial charge in [-0.15, -0.1) is 11.8 Å². The number of benzene rings is 2. The van der Waals surface area contributed by atoms with Crippen LogP contribution in [0, 0.1) is 5.92 Å². The number of piperazine rings is 1. The van der Waals surface area contributed by atoms with Crippen molar-refractivity contribution in [2.45, 2.75) is 24.0 Å². The molecule has 4 nitrogen and oxygen atoms in total. The molecule has 1 saturated heterocycles. The number of amides is 2. The van der Waals surface area contributed by atoms with Gasteiger partial charge in [-0.3, -0.25) is 9.59 Å². The van der Waals surface area contributed by atoms with Crippen molar-refractivity contribution in [3.05, 3.63) is 66.2 Å².